The van der Waals surface area contributed by atoms with Gasteiger partial charge in [-0.2, -0.15) is 0 Å². The number of pyridine rings is 1. The summed E-state index contributed by atoms with van der Waals surface area (Å²) in [6.45, 7) is 5.07. The molecule has 0 saturated carbocycles. The molecule has 0 aliphatic carbocycles. The van der Waals surface area contributed by atoms with Crippen LogP contribution in [0.5, 0.6) is 11.5 Å². The van der Waals surface area contributed by atoms with Gasteiger partial charge in [-0.3, -0.25) is 9.78 Å². The molecule has 0 unspecified atom stereocenters. The van der Waals surface area contributed by atoms with Crippen molar-refractivity contribution in [3.8, 4) is 11.5 Å². The molecule has 1 heterocycles. The van der Waals surface area contributed by atoms with E-state index < -0.39 is 0 Å². The van der Waals surface area contributed by atoms with Gasteiger partial charge in [-0.05, 0) is 61.9 Å². The van der Waals surface area contributed by atoms with Crippen molar-refractivity contribution in [2.45, 2.75) is 13.8 Å². The number of anilines is 2. The second-order valence-electron chi connectivity index (χ2n) is 6.65. The van der Waals surface area contributed by atoms with Crippen LogP contribution in [0.1, 0.15) is 21.6 Å². The number of carbonyl (C=O) groups is 1. The van der Waals surface area contributed by atoms with Gasteiger partial charge in [0.15, 0.2) is 0 Å². The van der Waals surface area contributed by atoms with E-state index in [1.165, 1.54) is 0 Å². The van der Waals surface area contributed by atoms with Gasteiger partial charge in [0, 0.05) is 24.1 Å². The molecule has 29 heavy (non-hydrogen) atoms. The Bertz CT molecular complexity index is 971. The lowest BCUT2D eigenvalue weighted by atomic mass is 10.1. The van der Waals surface area contributed by atoms with E-state index >= 15 is 0 Å². The highest BCUT2D eigenvalue weighted by Crippen LogP contribution is 2.18. The number of amides is 1. The van der Waals surface area contributed by atoms with Crippen LogP contribution >= 0.6 is 0 Å². The van der Waals surface area contributed by atoms with E-state index in [9.17, 15) is 4.79 Å². The maximum atomic E-state index is 12.5. The van der Waals surface area contributed by atoms with Gasteiger partial charge < -0.3 is 20.1 Å². The maximum Gasteiger partial charge on any atom is 0.274 e. The summed E-state index contributed by atoms with van der Waals surface area (Å²) in [7, 11) is 1.63. The second-order valence-corrected chi connectivity index (χ2v) is 6.65. The third-order valence-electron chi connectivity index (χ3n) is 4.38. The predicted molar refractivity (Wildman–Crippen MR) is 115 cm³/mol. The topological polar surface area (TPSA) is 72.5 Å². The van der Waals surface area contributed by atoms with Crippen molar-refractivity contribution < 1.29 is 14.3 Å². The van der Waals surface area contributed by atoms with Crippen LogP contribution < -0.4 is 20.1 Å². The summed E-state index contributed by atoms with van der Waals surface area (Å²) in [5, 5.41) is 6.16. The summed E-state index contributed by atoms with van der Waals surface area (Å²) in [4.78, 5) is 16.7. The molecule has 0 aliphatic rings. The minimum Gasteiger partial charge on any atom is -0.497 e. The van der Waals surface area contributed by atoms with Gasteiger partial charge in [-0.25, -0.2) is 0 Å². The Labute approximate surface area is 170 Å². The third kappa shape index (κ3) is 5.72. The quantitative estimate of drug-likeness (QED) is 0.555. The van der Waals surface area contributed by atoms with Crippen molar-refractivity contribution in [3.63, 3.8) is 0 Å². The standard InChI is InChI=1S/C23H25N3O3/c1-16-4-9-21(17(2)14-16)26-23(27)22-15-18(10-11-25-22)24-12-13-29-20-7-5-19(28-3)6-8-20/h4-11,14-15H,12-13H2,1-3H3,(H,24,25)(H,26,27). The molecule has 0 fully saturated rings. The number of aromatic nitrogens is 1. The molecule has 6 heteroatoms. The minimum absolute atomic E-state index is 0.241. The van der Waals surface area contributed by atoms with E-state index in [4.69, 9.17) is 9.47 Å². The fraction of sp³-hybridized carbons (Fsp3) is 0.217. The lowest BCUT2D eigenvalue weighted by Crippen LogP contribution is -2.16. The molecule has 2 aromatic carbocycles. The van der Waals surface area contributed by atoms with E-state index in [1.807, 2.05) is 62.4 Å². The number of aryl methyl sites for hydroxylation is 2. The Morgan fingerprint density at radius 2 is 1.76 bits per heavy atom. The number of benzene rings is 2. The van der Waals surface area contributed by atoms with Gasteiger partial charge in [0.05, 0.1) is 7.11 Å². The zero-order valence-electron chi connectivity index (χ0n) is 16.9. The summed E-state index contributed by atoms with van der Waals surface area (Å²) in [6.07, 6.45) is 1.61. The molecule has 0 atom stereocenters. The SMILES string of the molecule is COc1ccc(OCCNc2ccnc(C(=O)Nc3ccc(C)cc3C)c2)cc1. The van der Waals surface area contributed by atoms with E-state index in [-0.39, 0.29) is 5.91 Å². The molecule has 0 radical (unpaired) electrons. The number of carbonyl (C=O) groups excluding carboxylic acids is 1. The highest BCUT2D eigenvalue weighted by molar-refractivity contribution is 6.03. The first-order chi connectivity index (χ1) is 14.0. The lowest BCUT2D eigenvalue weighted by Gasteiger charge is -2.11. The zero-order valence-corrected chi connectivity index (χ0v) is 16.9. The van der Waals surface area contributed by atoms with Gasteiger partial charge in [-0.15, -0.1) is 0 Å². The van der Waals surface area contributed by atoms with Crippen molar-refractivity contribution in [1.29, 1.82) is 0 Å². The Morgan fingerprint density at radius 3 is 2.48 bits per heavy atom. The molecule has 0 bridgehead atoms. The Balaban J connectivity index is 1.52. The van der Waals surface area contributed by atoms with Crippen molar-refractivity contribution in [3.05, 3.63) is 77.6 Å². The fourth-order valence-electron chi connectivity index (χ4n) is 2.84. The van der Waals surface area contributed by atoms with Crippen LogP contribution in [-0.4, -0.2) is 31.2 Å². The fourth-order valence-corrected chi connectivity index (χ4v) is 2.84. The minimum atomic E-state index is -0.241. The number of nitrogens with zero attached hydrogens (tertiary/aromatic N) is 1. The molecular formula is C23H25N3O3. The van der Waals surface area contributed by atoms with E-state index in [0.717, 1.165) is 34.0 Å². The molecule has 2 N–H and O–H groups in total. The number of rotatable bonds is 8. The number of hydrogen-bond acceptors (Lipinski definition) is 5. The number of methoxy groups -OCH3 is 1. The third-order valence-corrected chi connectivity index (χ3v) is 4.38. The normalized spacial score (nSPS) is 10.3. The van der Waals surface area contributed by atoms with Crippen molar-refractivity contribution in [2.24, 2.45) is 0 Å². The highest BCUT2D eigenvalue weighted by Gasteiger charge is 2.10. The Morgan fingerprint density at radius 1 is 1.00 bits per heavy atom. The summed E-state index contributed by atoms with van der Waals surface area (Å²) in [5.41, 5.74) is 4.12. The van der Waals surface area contributed by atoms with Crippen molar-refractivity contribution in [1.82, 2.24) is 4.98 Å². The average molecular weight is 391 g/mol. The largest absolute Gasteiger partial charge is 0.497 e. The molecule has 0 spiro atoms. The average Bonchev–Trinajstić information content (AvgIpc) is 2.74. The summed E-state index contributed by atoms with van der Waals surface area (Å²) < 4.78 is 10.8. The summed E-state index contributed by atoms with van der Waals surface area (Å²) in [5.74, 6) is 1.32. The first-order valence-electron chi connectivity index (χ1n) is 9.40. The van der Waals surface area contributed by atoms with Crippen LogP contribution in [0.15, 0.2) is 60.8 Å². The van der Waals surface area contributed by atoms with E-state index in [0.29, 0.717) is 18.8 Å². The first kappa shape index (κ1) is 20.2. The van der Waals surface area contributed by atoms with Gasteiger partial charge in [0.2, 0.25) is 0 Å². The molecule has 6 nitrogen and oxygen atoms in total. The maximum absolute atomic E-state index is 12.5. The van der Waals surface area contributed by atoms with E-state index in [2.05, 4.69) is 15.6 Å². The summed E-state index contributed by atoms with van der Waals surface area (Å²) >= 11 is 0. The van der Waals surface area contributed by atoms with E-state index in [1.54, 1.807) is 19.4 Å². The van der Waals surface area contributed by atoms with Crippen LogP contribution in [0.3, 0.4) is 0 Å². The molecule has 0 aliphatic heterocycles. The molecule has 3 rings (SSSR count). The monoisotopic (exact) mass is 391 g/mol. The highest BCUT2D eigenvalue weighted by atomic mass is 16.5. The Hall–Kier alpha value is -3.54. The number of nitrogens with one attached hydrogen (secondary N) is 2. The predicted octanol–water partition coefficient (Wildman–Crippen LogP) is 4.45. The molecule has 3 aromatic rings. The van der Waals surface area contributed by atoms with Crippen LogP contribution in [0.25, 0.3) is 0 Å². The van der Waals surface area contributed by atoms with Gasteiger partial charge in [0.1, 0.15) is 23.8 Å². The van der Waals surface area contributed by atoms with Gasteiger partial charge in [0.25, 0.3) is 5.91 Å². The Kier molecular flexibility index (Phi) is 6.68. The molecule has 1 aromatic heterocycles. The molecule has 150 valence electrons. The smallest absolute Gasteiger partial charge is 0.274 e. The molecular weight excluding hydrogens is 366 g/mol. The zero-order chi connectivity index (χ0) is 20.6. The molecule has 0 saturated heterocycles. The molecule has 1 amide bonds. The van der Waals surface area contributed by atoms with Gasteiger partial charge >= 0.3 is 0 Å². The number of hydrogen-bond donors (Lipinski definition) is 2. The van der Waals surface area contributed by atoms with Crippen LogP contribution in [0, 0.1) is 13.8 Å². The van der Waals surface area contributed by atoms with Crippen LogP contribution in [-0.2, 0) is 0 Å². The van der Waals surface area contributed by atoms with Crippen molar-refractivity contribution >= 4 is 17.3 Å². The van der Waals surface area contributed by atoms with Crippen LogP contribution in [0.4, 0.5) is 11.4 Å². The van der Waals surface area contributed by atoms with Gasteiger partial charge in [-0.1, -0.05) is 17.7 Å². The lowest BCUT2D eigenvalue weighted by molar-refractivity contribution is 0.102. The first-order valence-corrected chi connectivity index (χ1v) is 9.40. The number of ether oxygens (including phenoxy) is 2. The van der Waals surface area contributed by atoms with Crippen molar-refractivity contribution in [2.75, 3.05) is 30.9 Å². The van der Waals surface area contributed by atoms with Crippen LogP contribution in [0.2, 0.25) is 0 Å². The second kappa shape index (κ2) is 9.59. The summed E-state index contributed by atoms with van der Waals surface area (Å²) in [6, 6.07) is 16.9.